The lowest BCUT2D eigenvalue weighted by molar-refractivity contribution is 0.558. The fraction of sp³-hybridized carbons (Fsp3) is 0.600. The van der Waals surface area contributed by atoms with Crippen LogP contribution in [-0.4, -0.2) is 9.55 Å². The Morgan fingerprint density at radius 3 is 2.36 bits per heavy atom. The van der Waals surface area contributed by atoms with Crippen LogP contribution in [0.15, 0.2) is 15.8 Å². The lowest BCUT2D eigenvalue weighted by Crippen LogP contribution is -2.35. The predicted molar refractivity (Wildman–Crippen MR) is 55.7 cm³/mol. The number of rotatable bonds is 1. The maximum atomic E-state index is 11.5. The van der Waals surface area contributed by atoms with Crippen LogP contribution in [0.4, 0.5) is 0 Å². The second kappa shape index (κ2) is 3.44. The van der Waals surface area contributed by atoms with Gasteiger partial charge in [-0.2, -0.15) is 0 Å². The summed E-state index contributed by atoms with van der Waals surface area (Å²) in [5.41, 5.74) is -0.227. The van der Waals surface area contributed by atoms with Crippen LogP contribution in [-0.2, 0) is 12.0 Å². The number of aromatic nitrogens is 2. The molecule has 0 unspecified atom stereocenters. The van der Waals surface area contributed by atoms with Gasteiger partial charge in [-0.3, -0.25) is 9.78 Å². The van der Waals surface area contributed by atoms with Gasteiger partial charge in [-0.05, 0) is 12.3 Å². The smallest absolute Gasteiger partial charge is 0.301 e. The van der Waals surface area contributed by atoms with Gasteiger partial charge in [-0.25, -0.2) is 4.79 Å². The molecular formula is C10H16N2O2. The molecule has 0 amide bonds. The maximum absolute atomic E-state index is 11.5. The summed E-state index contributed by atoms with van der Waals surface area (Å²) < 4.78 is 1.50. The highest BCUT2D eigenvalue weighted by molar-refractivity contribution is 5.15. The Labute approximate surface area is 82.6 Å². The van der Waals surface area contributed by atoms with Crippen LogP contribution >= 0.6 is 0 Å². The predicted octanol–water partition coefficient (Wildman–Crippen LogP) is 0.854. The van der Waals surface area contributed by atoms with Crippen LogP contribution in [0.1, 0.15) is 33.3 Å². The molecule has 0 bridgehead atoms. The molecule has 0 aliphatic heterocycles. The Kier molecular flexibility index (Phi) is 2.64. The summed E-state index contributed by atoms with van der Waals surface area (Å²) in [6.07, 6.45) is 1.64. The summed E-state index contributed by atoms with van der Waals surface area (Å²) in [6, 6.07) is 0. The Morgan fingerprint density at radius 2 is 1.93 bits per heavy atom. The van der Waals surface area contributed by atoms with Gasteiger partial charge in [0.05, 0.1) is 0 Å². The Balaban J connectivity index is 3.48. The second-order valence-electron chi connectivity index (χ2n) is 4.34. The number of H-pyrrole nitrogens is 1. The number of nitrogens with one attached hydrogen (secondary N) is 1. The lowest BCUT2D eigenvalue weighted by Gasteiger charge is -2.18. The van der Waals surface area contributed by atoms with E-state index in [0.717, 1.165) is 0 Å². The SMILES string of the molecule is CCn1cc(C(C)(C)C)c(=O)[nH]c1=O. The molecular weight excluding hydrogens is 180 g/mol. The van der Waals surface area contributed by atoms with E-state index < -0.39 is 0 Å². The number of nitrogens with zero attached hydrogens (tertiary/aromatic N) is 1. The summed E-state index contributed by atoms with van der Waals surface area (Å²) in [6.45, 7) is 8.27. The van der Waals surface area contributed by atoms with Gasteiger partial charge in [-0.1, -0.05) is 20.8 Å². The van der Waals surface area contributed by atoms with Crippen LogP contribution < -0.4 is 11.2 Å². The van der Waals surface area contributed by atoms with Crippen LogP contribution in [0, 0.1) is 0 Å². The normalized spacial score (nSPS) is 11.7. The molecule has 78 valence electrons. The standard InChI is InChI=1S/C10H16N2O2/c1-5-12-6-7(10(2,3)4)8(13)11-9(12)14/h6H,5H2,1-4H3,(H,11,13,14). The molecule has 1 heterocycles. The molecule has 0 saturated carbocycles. The van der Waals surface area contributed by atoms with Crippen molar-refractivity contribution >= 4 is 0 Å². The third-order valence-electron chi connectivity index (χ3n) is 2.16. The summed E-state index contributed by atoms with van der Waals surface area (Å²) in [4.78, 5) is 25.1. The van der Waals surface area contributed by atoms with Crippen LogP contribution in [0.2, 0.25) is 0 Å². The molecule has 1 aromatic heterocycles. The Bertz CT molecular complexity index is 435. The minimum Gasteiger partial charge on any atom is -0.301 e. The van der Waals surface area contributed by atoms with Crippen LogP contribution in [0.25, 0.3) is 0 Å². The number of aryl methyl sites for hydroxylation is 1. The molecule has 0 saturated heterocycles. The summed E-state index contributed by atoms with van der Waals surface area (Å²) in [5, 5.41) is 0. The average Bonchev–Trinajstić information content (AvgIpc) is 2.02. The van der Waals surface area contributed by atoms with Crippen molar-refractivity contribution in [1.29, 1.82) is 0 Å². The summed E-state index contributed by atoms with van der Waals surface area (Å²) >= 11 is 0. The van der Waals surface area contributed by atoms with Gasteiger partial charge in [-0.15, -0.1) is 0 Å². The zero-order chi connectivity index (χ0) is 10.9. The zero-order valence-corrected chi connectivity index (χ0v) is 9.05. The van der Waals surface area contributed by atoms with E-state index in [9.17, 15) is 9.59 Å². The molecule has 0 atom stereocenters. The van der Waals surface area contributed by atoms with Gasteiger partial charge in [0.1, 0.15) is 0 Å². The molecule has 0 radical (unpaired) electrons. The van der Waals surface area contributed by atoms with Crippen molar-refractivity contribution in [2.45, 2.75) is 39.7 Å². The van der Waals surface area contributed by atoms with Crippen LogP contribution in [0.5, 0.6) is 0 Å². The molecule has 4 heteroatoms. The highest BCUT2D eigenvalue weighted by atomic mass is 16.2. The summed E-state index contributed by atoms with van der Waals surface area (Å²) in [5.74, 6) is 0. The molecule has 0 fully saturated rings. The van der Waals surface area contributed by atoms with E-state index in [4.69, 9.17) is 0 Å². The quantitative estimate of drug-likeness (QED) is 0.724. The monoisotopic (exact) mass is 196 g/mol. The fourth-order valence-corrected chi connectivity index (χ4v) is 1.28. The highest BCUT2D eigenvalue weighted by Gasteiger charge is 2.18. The molecule has 0 aliphatic carbocycles. The zero-order valence-electron chi connectivity index (χ0n) is 9.05. The first-order valence-corrected chi connectivity index (χ1v) is 4.70. The lowest BCUT2D eigenvalue weighted by atomic mass is 9.89. The molecule has 1 N–H and O–H groups in total. The molecule has 14 heavy (non-hydrogen) atoms. The van der Waals surface area contributed by atoms with Crippen molar-refractivity contribution in [3.63, 3.8) is 0 Å². The van der Waals surface area contributed by atoms with E-state index in [-0.39, 0.29) is 16.7 Å². The molecule has 0 aliphatic rings. The highest BCUT2D eigenvalue weighted by Crippen LogP contribution is 2.16. The first kappa shape index (κ1) is 10.8. The van der Waals surface area contributed by atoms with E-state index >= 15 is 0 Å². The number of aromatic amines is 1. The van der Waals surface area contributed by atoms with Crippen molar-refractivity contribution < 1.29 is 0 Å². The second-order valence-corrected chi connectivity index (χ2v) is 4.34. The molecule has 0 aromatic carbocycles. The number of hydrogen-bond donors (Lipinski definition) is 1. The topological polar surface area (TPSA) is 54.9 Å². The van der Waals surface area contributed by atoms with Crippen molar-refractivity contribution in [3.05, 3.63) is 32.6 Å². The van der Waals surface area contributed by atoms with Gasteiger partial charge in [0.15, 0.2) is 0 Å². The molecule has 1 rings (SSSR count). The van der Waals surface area contributed by atoms with Gasteiger partial charge in [0.25, 0.3) is 5.56 Å². The first-order valence-electron chi connectivity index (χ1n) is 4.70. The van der Waals surface area contributed by atoms with E-state index in [2.05, 4.69) is 4.98 Å². The maximum Gasteiger partial charge on any atom is 0.328 e. The van der Waals surface area contributed by atoms with Crippen molar-refractivity contribution in [2.24, 2.45) is 0 Å². The number of hydrogen-bond acceptors (Lipinski definition) is 2. The van der Waals surface area contributed by atoms with Crippen molar-refractivity contribution in [1.82, 2.24) is 9.55 Å². The molecule has 1 aromatic rings. The Hall–Kier alpha value is -1.32. The Morgan fingerprint density at radius 1 is 1.36 bits per heavy atom. The van der Waals surface area contributed by atoms with E-state index in [0.29, 0.717) is 12.1 Å². The third-order valence-corrected chi connectivity index (χ3v) is 2.16. The van der Waals surface area contributed by atoms with E-state index in [1.54, 1.807) is 6.20 Å². The first-order chi connectivity index (χ1) is 6.36. The van der Waals surface area contributed by atoms with E-state index in [1.807, 2.05) is 27.7 Å². The van der Waals surface area contributed by atoms with Gasteiger partial charge in [0, 0.05) is 18.3 Å². The largest absolute Gasteiger partial charge is 0.328 e. The molecule has 4 nitrogen and oxygen atoms in total. The van der Waals surface area contributed by atoms with E-state index in [1.165, 1.54) is 4.57 Å². The van der Waals surface area contributed by atoms with Crippen molar-refractivity contribution in [2.75, 3.05) is 0 Å². The van der Waals surface area contributed by atoms with Crippen molar-refractivity contribution in [3.8, 4) is 0 Å². The van der Waals surface area contributed by atoms with Gasteiger partial charge in [0.2, 0.25) is 0 Å². The van der Waals surface area contributed by atoms with Crippen LogP contribution in [0.3, 0.4) is 0 Å². The van der Waals surface area contributed by atoms with Gasteiger partial charge >= 0.3 is 5.69 Å². The summed E-state index contributed by atoms with van der Waals surface area (Å²) in [7, 11) is 0. The third kappa shape index (κ3) is 1.95. The molecule has 0 spiro atoms. The average molecular weight is 196 g/mol. The minimum absolute atomic E-state index is 0.238. The fourth-order valence-electron chi connectivity index (χ4n) is 1.28. The minimum atomic E-state index is -0.342. The van der Waals surface area contributed by atoms with Gasteiger partial charge < -0.3 is 4.57 Å².